The van der Waals surface area contributed by atoms with Crippen molar-refractivity contribution in [3.05, 3.63) is 163 Å². The second-order valence-electron chi connectivity index (χ2n) is 14.4. The minimum Gasteiger partial charge on any atom is -0.456 e. The Morgan fingerprint density at radius 3 is 1.92 bits per heavy atom. The van der Waals surface area contributed by atoms with Crippen LogP contribution in [0.25, 0.3) is 98.5 Å². The van der Waals surface area contributed by atoms with Gasteiger partial charge in [0.25, 0.3) is 0 Å². The Labute approximate surface area is 310 Å². The van der Waals surface area contributed by atoms with E-state index in [2.05, 4.69) is 159 Å². The van der Waals surface area contributed by atoms with Gasteiger partial charge in [0.1, 0.15) is 11.2 Å². The zero-order chi connectivity index (χ0) is 35.3. The number of hydrogen-bond acceptors (Lipinski definition) is 5. The smallest absolute Gasteiger partial charge is 0.164 e. The maximum Gasteiger partial charge on any atom is 0.164 e. The fourth-order valence-electron chi connectivity index (χ4n) is 8.20. The Morgan fingerprint density at radius 1 is 0.472 bits per heavy atom. The van der Waals surface area contributed by atoms with Gasteiger partial charge in [0.2, 0.25) is 0 Å². The summed E-state index contributed by atoms with van der Waals surface area (Å²) in [5.74, 6) is 1.92. The first kappa shape index (κ1) is 30.2. The Morgan fingerprint density at radius 2 is 1.09 bits per heavy atom. The zero-order valence-corrected chi connectivity index (χ0v) is 29.9. The first-order valence-corrected chi connectivity index (χ1v) is 18.7. The summed E-state index contributed by atoms with van der Waals surface area (Å²) in [5.41, 5.74) is 10.6. The van der Waals surface area contributed by atoms with Gasteiger partial charge < -0.3 is 4.42 Å². The molecule has 0 amide bonds. The molecule has 11 rings (SSSR count). The monoisotopic (exact) mass is 697 g/mol. The molecule has 0 saturated heterocycles. The van der Waals surface area contributed by atoms with Crippen molar-refractivity contribution in [2.45, 2.75) is 19.3 Å². The lowest BCUT2D eigenvalue weighted by Crippen LogP contribution is -2.14. The van der Waals surface area contributed by atoms with E-state index in [4.69, 9.17) is 19.4 Å². The van der Waals surface area contributed by atoms with Crippen molar-refractivity contribution < 1.29 is 4.42 Å². The number of nitrogens with zero attached hydrogens (tertiary/aromatic N) is 3. The van der Waals surface area contributed by atoms with Crippen molar-refractivity contribution in [1.82, 2.24) is 15.0 Å². The maximum absolute atomic E-state index is 6.36. The maximum atomic E-state index is 6.36. The molecule has 4 nitrogen and oxygen atoms in total. The van der Waals surface area contributed by atoms with Gasteiger partial charge in [0, 0.05) is 42.5 Å². The normalized spacial score (nSPS) is 13.2. The summed E-state index contributed by atoms with van der Waals surface area (Å²) in [6, 6.07) is 53.7. The molecule has 0 fully saturated rings. The highest BCUT2D eigenvalue weighted by atomic mass is 32.1. The van der Waals surface area contributed by atoms with E-state index in [0.717, 1.165) is 44.0 Å². The van der Waals surface area contributed by atoms with Crippen LogP contribution in [0.2, 0.25) is 0 Å². The summed E-state index contributed by atoms with van der Waals surface area (Å²) in [6.45, 7) is 4.61. The lowest BCUT2D eigenvalue weighted by atomic mass is 9.82. The average Bonchev–Trinajstić information content (AvgIpc) is 3.87. The molecule has 7 aromatic carbocycles. The van der Waals surface area contributed by atoms with Crippen molar-refractivity contribution >= 4 is 54.1 Å². The minimum absolute atomic E-state index is 0.138. The highest BCUT2D eigenvalue weighted by Gasteiger charge is 2.37. The van der Waals surface area contributed by atoms with Gasteiger partial charge in [0.05, 0.1) is 0 Å². The number of fused-ring (bicyclic) bond motifs is 8. The van der Waals surface area contributed by atoms with Crippen LogP contribution < -0.4 is 0 Å². The molecule has 0 unspecified atom stereocenters. The lowest BCUT2D eigenvalue weighted by molar-refractivity contribution is 0.660. The van der Waals surface area contributed by atoms with Crippen LogP contribution in [0.5, 0.6) is 0 Å². The van der Waals surface area contributed by atoms with E-state index in [1.165, 1.54) is 48.2 Å². The summed E-state index contributed by atoms with van der Waals surface area (Å²) in [6.07, 6.45) is 0. The van der Waals surface area contributed by atoms with Crippen LogP contribution in [0.4, 0.5) is 0 Å². The Kier molecular flexibility index (Phi) is 6.43. The van der Waals surface area contributed by atoms with Gasteiger partial charge in [-0.3, -0.25) is 0 Å². The summed E-state index contributed by atoms with van der Waals surface area (Å²) in [5, 5.41) is 5.71. The van der Waals surface area contributed by atoms with Crippen LogP contribution in [-0.2, 0) is 5.41 Å². The number of rotatable bonds is 4. The van der Waals surface area contributed by atoms with Gasteiger partial charge >= 0.3 is 0 Å². The molecular formula is C48H31N3OS. The van der Waals surface area contributed by atoms with Crippen LogP contribution in [-0.4, -0.2) is 15.0 Å². The predicted octanol–water partition coefficient (Wildman–Crippen LogP) is 13.1. The van der Waals surface area contributed by atoms with Gasteiger partial charge in [-0.1, -0.05) is 123 Å². The first-order valence-electron chi connectivity index (χ1n) is 17.9. The van der Waals surface area contributed by atoms with Crippen LogP contribution in [0, 0.1) is 0 Å². The molecule has 0 N–H and O–H groups in total. The quantitative estimate of drug-likeness (QED) is 0.184. The molecule has 0 radical (unpaired) electrons. The third-order valence-electron chi connectivity index (χ3n) is 10.9. The summed E-state index contributed by atoms with van der Waals surface area (Å²) in [4.78, 5) is 16.9. The van der Waals surface area contributed by atoms with E-state index < -0.39 is 0 Å². The third kappa shape index (κ3) is 4.71. The minimum atomic E-state index is -0.138. The van der Waals surface area contributed by atoms with Gasteiger partial charge in [-0.05, 0) is 86.4 Å². The summed E-state index contributed by atoms with van der Waals surface area (Å²) in [7, 11) is 0. The van der Waals surface area contributed by atoms with E-state index in [1.54, 1.807) is 0 Å². The molecule has 0 spiro atoms. The fraction of sp³-hybridized carbons (Fsp3) is 0.0625. The topological polar surface area (TPSA) is 51.8 Å². The molecule has 0 saturated carbocycles. The predicted molar refractivity (Wildman–Crippen MR) is 219 cm³/mol. The molecule has 1 aliphatic carbocycles. The van der Waals surface area contributed by atoms with Crippen LogP contribution in [0.1, 0.15) is 25.0 Å². The second kappa shape index (κ2) is 11.3. The second-order valence-corrected chi connectivity index (χ2v) is 15.5. The van der Waals surface area contributed by atoms with E-state index in [1.807, 2.05) is 17.4 Å². The van der Waals surface area contributed by atoms with E-state index in [-0.39, 0.29) is 5.41 Å². The molecule has 53 heavy (non-hydrogen) atoms. The third-order valence-corrected chi connectivity index (χ3v) is 12.1. The molecule has 10 aromatic rings. The van der Waals surface area contributed by atoms with Crippen molar-refractivity contribution in [2.24, 2.45) is 0 Å². The Hall–Kier alpha value is -6.43. The number of aromatic nitrogens is 3. The summed E-state index contributed by atoms with van der Waals surface area (Å²) >= 11 is 1.81. The largest absolute Gasteiger partial charge is 0.456 e. The van der Waals surface area contributed by atoms with Gasteiger partial charge in [0.15, 0.2) is 17.5 Å². The summed E-state index contributed by atoms with van der Waals surface area (Å²) < 4.78 is 7.64. The molecular weight excluding hydrogens is 667 g/mol. The number of hydrogen-bond donors (Lipinski definition) is 0. The number of thiophene rings is 1. The zero-order valence-electron chi connectivity index (χ0n) is 29.1. The Balaban J connectivity index is 1.10. The van der Waals surface area contributed by atoms with Crippen LogP contribution in [0.3, 0.4) is 0 Å². The number of furan rings is 1. The lowest BCUT2D eigenvalue weighted by Gasteiger charge is -2.21. The molecule has 3 aromatic heterocycles. The first-order chi connectivity index (χ1) is 26.0. The average molecular weight is 698 g/mol. The van der Waals surface area contributed by atoms with Crippen molar-refractivity contribution in [3.63, 3.8) is 0 Å². The van der Waals surface area contributed by atoms with Crippen LogP contribution >= 0.6 is 11.3 Å². The SMILES string of the molecule is CC1(C)c2ccccc2-c2c(-c3nc(-c4ccc(-c5cc6ccccc6s5)cc4)nc(-c4ccc5oc6cc7ccccc7cc6c5c4)n3)cccc21. The molecule has 0 atom stereocenters. The number of benzene rings is 7. The molecule has 1 aliphatic rings. The van der Waals surface area contributed by atoms with Crippen LogP contribution in [0.15, 0.2) is 156 Å². The standard InChI is InChI=1S/C48H31N3OS/c1-48(2)38-15-7-6-13-34(38)44-35(14-9-16-39(44)48)47-50-45(29-20-18-28(19-21-29)43-27-32-12-5-8-17-42(32)53-43)49-46(51-47)33-22-23-40-36(25-33)37-24-30-10-3-4-11-31(30)26-41(37)52-40/h3-27H,1-2H3. The van der Waals surface area contributed by atoms with Crippen molar-refractivity contribution in [3.8, 4) is 55.7 Å². The van der Waals surface area contributed by atoms with E-state index in [9.17, 15) is 0 Å². The van der Waals surface area contributed by atoms with Gasteiger partial charge in [-0.2, -0.15) is 0 Å². The molecule has 0 bridgehead atoms. The van der Waals surface area contributed by atoms with E-state index in [0.29, 0.717) is 17.5 Å². The van der Waals surface area contributed by atoms with Crippen molar-refractivity contribution in [2.75, 3.05) is 0 Å². The molecule has 3 heterocycles. The van der Waals surface area contributed by atoms with E-state index >= 15 is 0 Å². The van der Waals surface area contributed by atoms with Gasteiger partial charge in [-0.25, -0.2) is 15.0 Å². The highest BCUT2D eigenvalue weighted by molar-refractivity contribution is 7.22. The highest BCUT2D eigenvalue weighted by Crippen LogP contribution is 2.51. The van der Waals surface area contributed by atoms with Crippen molar-refractivity contribution in [1.29, 1.82) is 0 Å². The Bertz CT molecular complexity index is 3060. The molecule has 0 aliphatic heterocycles. The van der Waals surface area contributed by atoms with Gasteiger partial charge in [-0.15, -0.1) is 11.3 Å². The fourth-order valence-corrected chi connectivity index (χ4v) is 9.27. The molecule has 5 heteroatoms. The molecule has 250 valence electrons.